The summed E-state index contributed by atoms with van der Waals surface area (Å²) >= 11 is 12.4. The zero-order valence-electron chi connectivity index (χ0n) is 18.3. The van der Waals surface area contributed by atoms with Gasteiger partial charge in [-0.15, -0.1) is 5.10 Å². The molecule has 11 heteroatoms. The van der Waals surface area contributed by atoms with Crippen LogP contribution >= 0.6 is 23.2 Å². The van der Waals surface area contributed by atoms with E-state index < -0.39 is 11.9 Å². The average Bonchev–Trinajstić information content (AvgIpc) is 3.20. The second-order valence-corrected chi connectivity index (χ2v) is 8.05. The molecule has 3 aromatic rings. The number of carbonyl (C=O) groups is 1. The minimum absolute atomic E-state index is 0.298. The standard InChI is InChI=1S/C22H21Cl2N5O4/c1-10-18(20(25)30)19(13-8-16(32-3)17(33-4)9-15(13)31-2)29-22(26-10)27-21(28-29)12-6-5-11(23)7-14(12)24/h5-9,19H,1-4H3,(H2,25,30)(H,26,27,28). The quantitative estimate of drug-likeness (QED) is 0.536. The lowest BCUT2D eigenvalue weighted by Gasteiger charge is -2.29. The fourth-order valence-corrected chi connectivity index (χ4v) is 4.30. The molecule has 1 aromatic heterocycles. The van der Waals surface area contributed by atoms with Gasteiger partial charge in [-0.1, -0.05) is 23.2 Å². The minimum Gasteiger partial charge on any atom is -0.496 e. The van der Waals surface area contributed by atoms with Gasteiger partial charge in [-0.25, -0.2) is 4.68 Å². The van der Waals surface area contributed by atoms with E-state index >= 15 is 0 Å². The fraction of sp³-hybridized carbons (Fsp3) is 0.227. The predicted octanol–water partition coefficient (Wildman–Crippen LogP) is 4.05. The van der Waals surface area contributed by atoms with Crippen molar-refractivity contribution in [3.05, 3.63) is 57.2 Å². The number of allylic oxidation sites excluding steroid dienone is 1. The van der Waals surface area contributed by atoms with E-state index in [4.69, 9.17) is 43.1 Å². The summed E-state index contributed by atoms with van der Waals surface area (Å²) in [5.41, 5.74) is 7.80. The SMILES string of the molecule is COc1cc(OC)c(C2C(C(N)=O)=C(C)Nc3nc(-c4ccc(Cl)cc4Cl)nn32)cc1OC. The van der Waals surface area contributed by atoms with Crippen molar-refractivity contribution in [3.8, 4) is 28.6 Å². The maximum atomic E-state index is 12.5. The molecule has 0 saturated heterocycles. The number of benzene rings is 2. The number of halogens is 2. The molecule has 9 nitrogen and oxygen atoms in total. The van der Waals surface area contributed by atoms with Gasteiger partial charge >= 0.3 is 0 Å². The molecule has 172 valence electrons. The van der Waals surface area contributed by atoms with Gasteiger partial charge in [-0.2, -0.15) is 4.98 Å². The second-order valence-electron chi connectivity index (χ2n) is 7.21. The summed E-state index contributed by atoms with van der Waals surface area (Å²) in [6, 6.07) is 7.69. The van der Waals surface area contributed by atoms with Gasteiger partial charge in [-0.05, 0) is 31.2 Å². The Balaban J connectivity index is 1.96. The molecule has 33 heavy (non-hydrogen) atoms. The number of fused-ring (bicyclic) bond motifs is 1. The van der Waals surface area contributed by atoms with Crippen molar-refractivity contribution < 1.29 is 19.0 Å². The van der Waals surface area contributed by atoms with Crippen molar-refractivity contribution in [3.63, 3.8) is 0 Å². The van der Waals surface area contributed by atoms with Gasteiger partial charge in [0.05, 0.1) is 31.9 Å². The van der Waals surface area contributed by atoms with Crippen LogP contribution in [-0.4, -0.2) is 42.0 Å². The van der Waals surface area contributed by atoms with E-state index in [1.54, 1.807) is 41.9 Å². The number of nitrogens with one attached hydrogen (secondary N) is 1. The Morgan fingerprint density at radius 2 is 1.73 bits per heavy atom. The first-order valence-corrected chi connectivity index (χ1v) is 10.5. The number of primary amides is 1. The third kappa shape index (κ3) is 3.94. The minimum atomic E-state index is -0.749. The summed E-state index contributed by atoms with van der Waals surface area (Å²) in [4.78, 5) is 17.1. The molecule has 0 fully saturated rings. The highest BCUT2D eigenvalue weighted by atomic mass is 35.5. The maximum absolute atomic E-state index is 12.5. The van der Waals surface area contributed by atoms with Crippen LogP contribution < -0.4 is 25.3 Å². The van der Waals surface area contributed by atoms with Crippen molar-refractivity contribution in [2.45, 2.75) is 13.0 Å². The third-order valence-corrected chi connectivity index (χ3v) is 5.87. The van der Waals surface area contributed by atoms with E-state index in [0.29, 0.717) is 61.5 Å². The Hall–Kier alpha value is -3.43. The number of ether oxygens (including phenoxy) is 3. The van der Waals surface area contributed by atoms with Gasteiger partial charge in [0.2, 0.25) is 11.9 Å². The number of rotatable bonds is 6. The van der Waals surface area contributed by atoms with Gasteiger partial charge < -0.3 is 25.3 Å². The number of nitrogens with zero attached hydrogens (tertiary/aromatic N) is 3. The van der Waals surface area contributed by atoms with Crippen LogP contribution in [0.5, 0.6) is 17.2 Å². The van der Waals surface area contributed by atoms with Crippen LogP contribution in [0.3, 0.4) is 0 Å². The van der Waals surface area contributed by atoms with Gasteiger partial charge in [0.15, 0.2) is 17.3 Å². The number of hydrogen-bond donors (Lipinski definition) is 2. The number of hydrogen-bond acceptors (Lipinski definition) is 7. The van der Waals surface area contributed by atoms with E-state index in [0.717, 1.165) is 0 Å². The Kier molecular flexibility index (Phi) is 6.09. The molecule has 0 radical (unpaired) electrons. The van der Waals surface area contributed by atoms with Gasteiger partial charge in [0, 0.05) is 27.9 Å². The maximum Gasteiger partial charge on any atom is 0.248 e. The number of nitrogens with two attached hydrogens (primary N) is 1. The van der Waals surface area contributed by atoms with Crippen LogP contribution in [0.25, 0.3) is 11.4 Å². The van der Waals surface area contributed by atoms with Crippen LogP contribution in [0.15, 0.2) is 41.6 Å². The molecule has 1 aliphatic rings. The Morgan fingerprint density at radius 1 is 1.06 bits per heavy atom. The lowest BCUT2D eigenvalue weighted by atomic mass is 9.94. The smallest absolute Gasteiger partial charge is 0.248 e. The lowest BCUT2D eigenvalue weighted by Crippen LogP contribution is -2.32. The molecule has 2 aromatic carbocycles. The van der Waals surface area contributed by atoms with Crippen LogP contribution in [0, 0.1) is 0 Å². The zero-order chi connectivity index (χ0) is 23.9. The molecule has 1 unspecified atom stereocenters. The van der Waals surface area contributed by atoms with Crippen molar-refractivity contribution in [1.29, 1.82) is 0 Å². The normalized spacial score (nSPS) is 15.0. The van der Waals surface area contributed by atoms with Crippen LogP contribution in [0.4, 0.5) is 5.95 Å². The van der Waals surface area contributed by atoms with Crippen LogP contribution in [0.1, 0.15) is 18.5 Å². The Morgan fingerprint density at radius 3 is 2.33 bits per heavy atom. The van der Waals surface area contributed by atoms with Crippen LogP contribution in [0.2, 0.25) is 10.0 Å². The summed E-state index contributed by atoms with van der Waals surface area (Å²) in [5, 5.41) is 8.65. The highest BCUT2D eigenvalue weighted by molar-refractivity contribution is 6.36. The van der Waals surface area contributed by atoms with Gasteiger partial charge in [0.1, 0.15) is 11.8 Å². The zero-order valence-corrected chi connectivity index (χ0v) is 19.8. The number of aromatic nitrogens is 3. The summed E-state index contributed by atoms with van der Waals surface area (Å²) in [6.45, 7) is 1.74. The molecular weight excluding hydrogens is 469 g/mol. The number of anilines is 1. The first kappa shape index (κ1) is 22.8. The van der Waals surface area contributed by atoms with Gasteiger partial charge in [-0.3, -0.25) is 4.79 Å². The fourth-order valence-electron chi connectivity index (χ4n) is 3.81. The summed E-state index contributed by atoms with van der Waals surface area (Å²) < 4.78 is 18.0. The van der Waals surface area contributed by atoms with Crippen molar-refractivity contribution in [1.82, 2.24) is 14.8 Å². The van der Waals surface area contributed by atoms with E-state index in [1.165, 1.54) is 21.3 Å². The Labute approximate surface area is 200 Å². The second kappa shape index (κ2) is 8.84. The largest absolute Gasteiger partial charge is 0.496 e. The molecule has 0 aliphatic carbocycles. The molecule has 1 aliphatic heterocycles. The summed E-state index contributed by atoms with van der Waals surface area (Å²) in [5.74, 6) is 1.52. The average molecular weight is 490 g/mol. The third-order valence-electron chi connectivity index (χ3n) is 5.32. The summed E-state index contributed by atoms with van der Waals surface area (Å²) in [6.07, 6.45) is 0. The molecule has 3 N–H and O–H groups in total. The predicted molar refractivity (Wildman–Crippen MR) is 125 cm³/mol. The topological polar surface area (TPSA) is 114 Å². The van der Waals surface area contributed by atoms with E-state index in [9.17, 15) is 4.79 Å². The molecule has 1 atom stereocenters. The number of methoxy groups -OCH3 is 3. The first-order chi connectivity index (χ1) is 15.8. The molecule has 0 bridgehead atoms. The van der Waals surface area contributed by atoms with Crippen LogP contribution in [-0.2, 0) is 4.79 Å². The lowest BCUT2D eigenvalue weighted by molar-refractivity contribution is -0.115. The summed E-state index contributed by atoms with van der Waals surface area (Å²) in [7, 11) is 4.57. The molecule has 0 spiro atoms. The monoisotopic (exact) mass is 489 g/mol. The molecule has 0 saturated carbocycles. The Bertz CT molecular complexity index is 1290. The molecule has 1 amide bonds. The van der Waals surface area contributed by atoms with Crippen molar-refractivity contribution in [2.24, 2.45) is 5.73 Å². The molecular formula is C22H21Cl2N5O4. The highest BCUT2D eigenvalue weighted by Crippen LogP contribution is 2.44. The van der Waals surface area contributed by atoms with Crippen molar-refractivity contribution in [2.75, 3.05) is 26.6 Å². The molecule has 2 heterocycles. The highest BCUT2D eigenvalue weighted by Gasteiger charge is 2.36. The van der Waals surface area contributed by atoms with Gasteiger partial charge in [0.25, 0.3) is 0 Å². The number of carbonyl (C=O) groups excluding carboxylic acids is 1. The van der Waals surface area contributed by atoms with E-state index in [2.05, 4.69) is 15.4 Å². The number of amides is 1. The van der Waals surface area contributed by atoms with E-state index in [1.807, 2.05) is 0 Å². The van der Waals surface area contributed by atoms with E-state index in [-0.39, 0.29) is 0 Å². The first-order valence-electron chi connectivity index (χ1n) is 9.78. The molecule has 4 rings (SSSR count). The van der Waals surface area contributed by atoms with Crippen molar-refractivity contribution >= 4 is 35.1 Å².